The second-order valence-electron chi connectivity index (χ2n) is 8.73. The SMILES string of the molecule is [2H]C([2H])(Oc1cc(C)n(-c2cc(-c3ccnc(C(C)(C)O)c3F)ncc2C)c(=O)c1Cl)c1ncc(F)cc1F. The second kappa shape index (κ2) is 9.95. The van der Waals surface area contributed by atoms with E-state index in [4.69, 9.17) is 19.1 Å². The van der Waals surface area contributed by atoms with Crippen molar-refractivity contribution in [1.29, 1.82) is 0 Å². The van der Waals surface area contributed by atoms with Gasteiger partial charge in [-0.2, -0.15) is 0 Å². The highest BCUT2D eigenvalue weighted by molar-refractivity contribution is 6.31. The van der Waals surface area contributed by atoms with Crippen molar-refractivity contribution >= 4 is 11.6 Å². The normalized spacial score (nSPS) is 12.8. The summed E-state index contributed by atoms with van der Waals surface area (Å²) < 4.78 is 65.3. The van der Waals surface area contributed by atoms with Gasteiger partial charge in [0.1, 0.15) is 40.1 Å². The Morgan fingerprint density at radius 2 is 1.86 bits per heavy atom. The van der Waals surface area contributed by atoms with Crippen LogP contribution in [0.4, 0.5) is 13.2 Å². The fourth-order valence-corrected chi connectivity index (χ4v) is 3.80. The molecule has 192 valence electrons. The molecule has 0 saturated carbocycles. The van der Waals surface area contributed by atoms with Crippen molar-refractivity contribution in [2.75, 3.05) is 0 Å². The summed E-state index contributed by atoms with van der Waals surface area (Å²) in [6, 6.07) is 4.57. The van der Waals surface area contributed by atoms with Crippen LogP contribution in [0.2, 0.25) is 5.02 Å². The first-order chi connectivity index (χ1) is 18.1. The molecule has 7 nitrogen and oxygen atoms in total. The number of hydrogen-bond donors (Lipinski definition) is 1. The molecule has 0 amide bonds. The standard InChI is InChI=1S/C26H22ClF3N4O3/c1-13-10-32-18(16-5-6-31-24(23(16)30)26(3,4)36)9-20(13)34-14(2)7-21(22(27)25(34)35)37-12-19-17(29)8-15(28)11-33-19/h5-11,36H,12H2,1-4H3/i12D2. The topological polar surface area (TPSA) is 90.1 Å². The summed E-state index contributed by atoms with van der Waals surface area (Å²) in [4.78, 5) is 25.0. The highest BCUT2D eigenvalue weighted by Gasteiger charge is 2.25. The molecule has 0 atom stereocenters. The lowest BCUT2D eigenvalue weighted by Crippen LogP contribution is -2.23. The molecule has 4 heterocycles. The van der Waals surface area contributed by atoms with E-state index in [9.17, 15) is 18.7 Å². The van der Waals surface area contributed by atoms with E-state index in [1.54, 1.807) is 6.92 Å². The molecular weight excluding hydrogens is 509 g/mol. The Labute approximate surface area is 218 Å². The lowest BCUT2D eigenvalue weighted by molar-refractivity contribution is 0.0696. The summed E-state index contributed by atoms with van der Waals surface area (Å²) in [5.41, 5.74) is -2.10. The number of pyridine rings is 4. The van der Waals surface area contributed by atoms with Gasteiger partial charge in [-0.15, -0.1) is 0 Å². The van der Waals surface area contributed by atoms with Crippen molar-refractivity contribution in [2.24, 2.45) is 0 Å². The van der Waals surface area contributed by atoms with Gasteiger partial charge in [0.2, 0.25) is 0 Å². The Bertz CT molecular complexity index is 1660. The summed E-state index contributed by atoms with van der Waals surface area (Å²) in [6.45, 7) is 3.09. The highest BCUT2D eigenvalue weighted by atomic mass is 35.5. The minimum Gasteiger partial charge on any atom is -0.485 e. The van der Waals surface area contributed by atoms with Crippen molar-refractivity contribution in [3.63, 3.8) is 0 Å². The quantitative estimate of drug-likeness (QED) is 0.368. The first kappa shape index (κ1) is 23.6. The zero-order valence-corrected chi connectivity index (χ0v) is 20.9. The number of aryl methyl sites for hydroxylation is 2. The molecule has 0 aliphatic carbocycles. The van der Waals surface area contributed by atoms with Crippen molar-refractivity contribution in [1.82, 2.24) is 19.5 Å². The van der Waals surface area contributed by atoms with Gasteiger partial charge in [-0.1, -0.05) is 11.6 Å². The molecule has 0 radical (unpaired) electrons. The summed E-state index contributed by atoms with van der Waals surface area (Å²) in [6.07, 6.45) is 3.39. The molecule has 1 N–H and O–H groups in total. The Morgan fingerprint density at radius 1 is 1.14 bits per heavy atom. The summed E-state index contributed by atoms with van der Waals surface area (Å²) in [5.74, 6) is -3.45. The van der Waals surface area contributed by atoms with Gasteiger partial charge >= 0.3 is 0 Å². The van der Waals surface area contributed by atoms with Crippen LogP contribution in [0.3, 0.4) is 0 Å². The third-order valence-electron chi connectivity index (χ3n) is 5.43. The Balaban J connectivity index is 1.80. The smallest absolute Gasteiger partial charge is 0.277 e. The van der Waals surface area contributed by atoms with E-state index < -0.39 is 51.6 Å². The largest absolute Gasteiger partial charge is 0.485 e. The van der Waals surface area contributed by atoms with Crippen LogP contribution in [-0.2, 0) is 12.2 Å². The van der Waals surface area contributed by atoms with Gasteiger partial charge < -0.3 is 9.84 Å². The minimum atomic E-state index is -2.90. The molecule has 4 aromatic rings. The van der Waals surface area contributed by atoms with Crippen molar-refractivity contribution < 1.29 is 25.8 Å². The lowest BCUT2D eigenvalue weighted by atomic mass is 10.00. The molecular formula is C26H22ClF3N4O3. The Kier molecular flexibility index (Phi) is 6.35. The first-order valence-corrected chi connectivity index (χ1v) is 11.3. The number of nitrogens with zero attached hydrogens (tertiary/aromatic N) is 4. The molecule has 4 rings (SSSR count). The molecule has 37 heavy (non-hydrogen) atoms. The van der Waals surface area contributed by atoms with E-state index in [-0.39, 0.29) is 22.6 Å². The average Bonchev–Trinajstić information content (AvgIpc) is 2.82. The van der Waals surface area contributed by atoms with Gasteiger partial charge in [-0.25, -0.2) is 13.2 Å². The van der Waals surface area contributed by atoms with Gasteiger partial charge in [-0.3, -0.25) is 24.3 Å². The maximum atomic E-state index is 15.3. The number of halogens is 4. The summed E-state index contributed by atoms with van der Waals surface area (Å²) in [7, 11) is 0. The predicted octanol–water partition coefficient (Wildman–Crippen LogP) is 5.18. The van der Waals surface area contributed by atoms with Gasteiger partial charge in [0.25, 0.3) is 5.56 Å². The number of aromatic nitrogens is 4. The maximum Gasteiger partial charge on any atom is 0.277 e. The second-order valence-corrected chi connectivity index (χ2v) is 9.11. The number of ether oxygens (including phenoxy) is 1. The number of rotatable bonds is 6. The Morgan fingerprint density at radius 3 is 2.54 bits per heavy atom. The Hall–Kier alpha value is -3.76. The molecule has 0 aliphatic heterocycles. The van der Waals surface area contributed by atoms with Crippen LogP contribution in [0.1, 0.15) is 39.2 Å². The van der Waals surface area contributed by atoms with E-state index >= 15 is 4.39 Å². The third kappa shape index (κ3) is 5.21. The van der Waals surface area contributed by atoms with Crippen LogP contribution in [0.25, 0.3) is 16.9 Å². The summed E-state index contributed by atoms with van der Waals surface area (Å²) in [5, 5.41) is 9.74. The lowest BCUT2D eigenvalue weighted by Gasteiger charge is -2.19. The van der Waals surface area contributed by atoms with Crippen LogP contribution in [0.5, 0.6) is 5.75 Å². The van der Waals surface area contributed by atoms with Crippen molar-refractivity contribution in [3.05, 3.63) is 98.3 Å². The molecule has 0 aliphatic rings. The third-order valence-corrected chi connectivity index (χ3v) is 5.77. The molecule has 0 spiro atoms. The van der Waals surface area contributed by atoms with Gasteiger partial charge in [0, 0.05) is 35.8 Å². The van der Waals surface area contributed by atoms with E-state index in [0.29, 0.717) is 23.5 Å². The molecule has 0 fully saturated rings. The molecule has 0 bridgehead atoms. The molecule has 0 aromatic carbocycles. The highest BCUT2D eigenvalue weighted by Crippen LogP contribution is 2.31. The molecule has 0 unspecified atom stereocenters. The monoisotopic (exact) mass is 532 g/mol. The fraction of sp³-hybridized carbons (Fsp3) is 0.231. The van der Waals surface area contributed by atoms with Crippen molar-refractivity contribution in [2.45, 2.75) is 39.9 Å². The predicted molar refractivity (Wildman–Crippen MR) is 131 cm³/mol. The minimum absolute atomic E-state index is 0.0437. The summed E-state index contributed by atoms with van der Waals surface area (Å²) >= 11 is 6.27. The van der Waals surface area contributed by atoms with E-state index in [0.717, 1.165) is 0 Å². The average molecular weight is 533 g/mol. The maximum absolute atomic E-state index is 15.3. The fourth-order valence-electron chi connectivity index (χ4n) is 3.62. The van der Waals surface area contributed by atoms with Crippen LogP contribution in [-0.4, -0.2) is 24.6 Å². The van der Waals surface area contributed by atoms with E-state index in [1.165, 1.54) is 55.9 Å². The van der Waals surface area contributed by atoms with Crippen LogP contribution in [0.15, 0.2) is 47.7 Å². The van der Waals surface area contributed by atoms with Crippen LogP contribution >= 0.6 is 11.6 Å². The van der Waals surface area contributed by atoms with E-state index in [1.807, 2.05) is 0 Å². The molecule has 0 saturated heterocycles. The van der Waals surface area contributed by atoms with Crippen LogP contribution < -0.4 is 10.3 Å². The van der Waals surface area contributed by atoms with Crippen molar-refractivity contribution in [3.8, 4) is 22.7 Å². The van der Waals surface area contributed by atoms with Crippen LogP contribution in [0, 0.1) is 31.3 Å². The first-order valence-electron chi connectivity index (χ1n) is 11.9. The van der Waals surface area contributed by atoms with Gasteiger partial charge in [-0.05, 0) is 45.4 Å². The number of aliphatic hydroxyl groups is 1. The molecule has 11 heteroatoms. The van der Waals surface area contributed by atoms with E-state index in [2.05, 4.69) is 15.0 Å². The number of hydrogen-bond acceptors (Lipinski definition) is 6. The van der Waals surface area contributed by atoms with Gasteiger partial charge in [0.05, 0.1) is 20.3 Å². The molecule has 4 aromatic heterocycles. The zero-order valence-electron chi connectivity index (χ0n) is 22.1. The van der Waals surface area contributed by atoms with Gasteiger partial charge in [0.15, 0.2) is 11.6 Å². The zero-order chi connectivity index (χ0) is 28.9.